The lowest BCUT2D eigenvalue weighted by atomic mass is 9.74. The van der Waals surface area contributed by atoms with Crippen LogP contribution in [0.3, 0.4) is 0 Å². The molecule has 2 aromatic carbocycles. The highest BCUT2D eigenvalue weighted by atomic mass is 32.2. The van der Waals surface area contributed by atoms with Gasteiger partial charge >= 0.3 is 6.18 Å². The molecule has 0 spiro atoms. The molecule has 2 unspecified atom stereocenters. The van der Waals surface area contributed by atoms with Crippen LogP contribution in [0.15, 0.2) is 47.4 Å². The Balaban J connectivity index is 1.67. The second-order valence-electron chi connectivity index (χ2n) is 9.77. The average molecular weight is 549 g/mol. The molecule has 1 fully saturated rings. The number of sulfone groups is 1. The number of nitrogens with zero attached hydrogens (tertiary/aromatic N) is 1. The highest BCUT2D eigenvalue weighted by Crippen LogP contribution is 2.39. The first-order valence-corrected chi connectivity index (χ1v) is 14.0. The lowest BCUT2D eigenvalue weighted by Gasteiger charge is -2.37. The van der Waals surface area contributed by atoms with Gasteiger partial charge in [0, 0.05) is 34.8 Å². The Labute approximate surface area is 220 Å². The maximum absolute atomic E-state index is 13.5. The number of hydrogen-bond acceptors (Lipinski definition) is 6. The van der Waals surface area contributed by atoms with Gasteiger partial charge in [-0.2, -0.15) is 13.2 Å². The van der Waals surface area contributed by atoms with Crippen LogP contribution in [0, 0.1) is 11.8 Å². The van der Waals surface area contributed by atoms with Gasteiger partial charge in [0.15, 0.2) is 9.84 Å². The summed E-state index contributed by atoms with van der Waals surface area (Å²) in [5.41, 5.74) is 14.2. The predicted molar refractivity (Wildman–Crippen MR) is 142 cm³/mol. The third-order valence-electron chi connectivity index (χ3n) is 6.83. The number of aromatic nitrogens is 1. The third-order valence-corrected chi connectivity index (χ3v) is 7.94. The molecule has 1 saturated carbocycles. The molecule has 1 aliphatic carbocycles. The van der Waals surface area contributed by atoms with Crippen molar-refractivity contribution >= 4 is 26.4 Å². The summed E-state index contributed by atoms with van der Waals surface area (Å²) in [7, 11) is -2.00. The van der Waals surface area contributed by atoms with Crippen LogP contribution < -0.4 is 21.5 Å². The minimum Gasteiger partial charge on any atom is -0.495 e. The van der Waals surface area contributed by atoms with Crippen LogP contribution in [0.4, 0.5) is 18.9 Å². The van der Waals surface area contributed by atoms with E-state index in [0.29, 0.717) is 35.2 Å². The summed E-state index contributed by atoms with van der Waals surface area (Å²) in [4.78, 5) is 0.107. The number of anilines is 1. The Hall–Kier alpha value is -3.20. The molecule has 38 heavy (non-hydrogen) atoms. The van der Waals surface area contributed by atoms with E-state index in [0.717, 1.165) is 24.7 Å². The van der Waals surface area contributed by atoms with Crippen molar-refractivity contribution in [2.24, 2.45) is 11.5 Å². The van der Waals surface area contributed by atoms with Gasteiger partial charge in [-0.25, -0.2) is 8.42 Å². The first-order chi connectivity index (χ1) is 17.8. The number of halogens is 3. The minimum atomic E-state index is -4.45. The van der Waals surface area contributed by atoms with Gasteiger partial charge in [-0.3, -0.25) is 0 Å². The van der Waals surface area contributed by atoms with Crippen LogP contribution in [0.5, 0.6) is 5.75 Å². The summed E-state index contributed by atoms with van der Waals surface area (Å²) in [6, 6.07) is 11.2. The van der Waals surface area contributed by atoms with Gasteiger partial charge in [-0.05, 0) is 61.4 Å². The van der Waals surface area contributed by atoms with E-state index >= 15 is 0 Å². The molecule has 3 aromatic rings. The van der Waals surface area contributed by atoms with Crippen LogP contribution in [0.2, 0.25) is 0 Å². The Kier molecular flexibility index (Phi) is 7.70. The molecule has 5 N–H and O–H groups in total. The molecule has 2 atom stereocenters. The minimum absolute atomic E-state index is 0.0601. The Morgan fingerprint density at radius 3 is 2.66 bits per heavy atom. The highest BCUT2D eigenvalue weighted by molar-refractivity contribution is 7.90. The maximum Gasteiger partial charge on any atom is 0.406 e. The van der Waals surface area contributed by atoms with E-state index in [1.807, 2.05) is 6.07 Å². The average Bonchev–Trinajstić information content (AvgIpc) is 3.16. The van der Waals surface area contributed by atoms with Crippen molar-refractivity contribution in [1.82, 2.24) is 4.57 Å². The van der Waals surface area contributed by atoms with Gasteiger partial charge in [0.1, 0.15) is 12.3 Å². The molecule has 204 valence electrons. The number of rotatable bonds is 6. The van der Waals surface area contributed by atoms with Gasteiger partial charge in [0.2, 0.25) is 0 Å². The van der Waals surface area contributed by atoms with Crippen LogP contribution >= 0.6 is 0 Å². The summed E-state index contributed by atoms with van der Waals surface area (Å²) in [6.45, 7) is -1.10. The molecule has 11 heteroatoms. The van der Waals surface area contributed by atoms with E-state index in [-0.39, 0.29) is 23.2 Å². The van der Waals surface area contributed by atoms with Crippen LogP contribution in [-0.4, -0.2) is 45.1 Å². The van der Waals surface area contributed by atoms with E-state index in [9.17, 15) is 21.6 Å². The number of methoxy groups -OCH3 is 1. The van der Waals surface area contributed by atoms with Crippen molar-refractivity contribution in [3.05, 3.63) is 53.7 Å². The molecular formula is C27H31F3N4O3S. The SMILES string of the molecule is COc1cc(S(C)(=O)=O)ccc1NCC#Cc1cc2c(C3(N)CCCC(N)C3)cccc2n1CC(F)(F)F. The maximum atomic E-state index is 13.5. The van der Waals surface area contributed by atoms with Crippen molar-refractivity contribution < 1.29 is 26.3 Å². The van der Waals surface area contributed by atoms with E-state index in [1.165, 1.54) is 23.8 Å². The first-order valence-electron chi connectivity index (χ1n) is 12.2. The van der Waals surface area contributed by atoms with Gasteiger partial charge < -0.3 is 26.1 Å². The number of ether oxygens (including phenoxy) is 1. The van der Waals surface area contributed by atoms with Crippen molar-refractivity contribution in [3.8, 4) is 17.6 Å². The Morgan fingerprint density at radius 1 is 1.24 bits per heavy atom. The molecule has 0 aliphatic heterocycles. The van der Waals surface area contributed by atoms with Crippen LogP contribution in [0.25, 0.3) is 10.9 Å². The van der Waals surface area contributed by atoms with E-state index in [1.54, 1.807) is 24.3 Å². The molecule has 1 heterocycles. The second kappa shape index (κ2) is 10.5. The predicted octanol–water partition coefficient (Wildman–Crippen LogP) is 4.13. The van der Waals surface area contributed by atoms with Gasteiger partial charge in [-0.1, -0.05) is 18.1 Å². The number of alkyl halides is 3. The number of hydrogen-bond donors (Lipinski definition) is 3. The summed E-state index contributed by atoms with van der Waals surface area (Å²) in [5, 5.41) is 3.67. The summed E-state index contributed by atoms with van der Waals surface area (Å²) in [6.07, 6.45) is -0.365. The van der Waals surface area contributed by atoms with Crippen molar-refractivity contribution in [2.75, 3.05) is 25.2 Å². The lowest BCUT2D eigenvalue weighted by molar-refractivity contribution is -0.140. The zero-order chi connectivity index (χ0) is 27.7. The lowest BCUT2D eigenvalue weighted by Crippen LogP contribution is -2.45. The molecule has 1 aromatic heterocycles. The number of nitrogens with two attached hydrogens (primary N) is 2. The second-order valence-corrected chi connectivity index (χ2v) is 11.8. The van der Waals surface area contributed by atoms with E-state index < -0.39 is 28.1 Å². The smallest absolute Gasteiger partial charge is 0.406 e. The van der Waals surface area contributed by atoms with Gasteiger partial charge in [0.25, 0.3) is 0 Å². The Bertz CT molecular complexity index is 1510. The number of nitrogens with one attached hydrogen (secondary N) is 1. The molecule has 0 amide bonds. The normalized spacial score (nSPS) is 20.1. The summed E-state index contributed by atoms with van der Waals surface area (Å²) < 4.78 is 70.7. The molecule has 4 rings (SSSR count). The monoisotopic (exact) mass is 548 g/mol. The topological polar surface area (TPSA) is 112 Å². The zero-order valence-electron chi connectivity index (χ0n) is 21.2. The van der Waals surface area contributed by atoms with Crippen molar-refractivity contribution in [3.63, 3.8) is 0 Å². The first kappa shape index (κ1) is 27.8. The summed E-state index contributed by atoms with van der Waals surface area (Å²) >= 11 is 0. The number of benzene rings is 2. The Morgan fingerprint density at radius 2 is 2.00 bits per heavy atom. The van der Waals surface area contributed by atoms with E-state index in [4.69, 9.17) is 16.2 Å². The fourth-order valence-corrected chi connectivity index (χ4v) is 5.73. The van der Waals surface area contributed by atoms with Crippen LogP contribution in [0.1, 0.15) is 36.9 Å². The van der Waals surface area contributed by atoms with E-state index in [2.05, 4.69) is 17.2 Å². The molecule has 7 nitrogen and oxygen atoms in total. The quantitative estimate of drug-likeness (QED) is 0.400. The molecular weight excluding hydrogens is 517 g/mol. The molecule has 1 aliphatic rings. The van der Waals surface area contributed by atoms with Crippen molar-refractivity contribution in [1.29, 1.82) is 0 Å². The largest absolute Gasteiger partial charge is 0.495 e. The summed E-state index contributed by atoms with van der Waals surface area (Å²) in [5.74, 6) is 6.05. The van der Waals surface area contributed by atoms with Gasteiger partial charge in [-0.15, -0.1) is 0 Å². The highest BCUT2D eigenvalue weighted by Gasteiger charge is 2.36. The van der Waals surface area contributed by atoms with Crippen molar-refractivity contribution in [2.45, 2.75) is 54.9 Å². The zero-order valence-corrected chi connectivity index (χ0v) is 22.0. The molecule has 0 saturated heterocycles. The fourth-order valence-electron chi connectivity index (χ4n) is 5.09. The number of fused-ring (bicyclic) bond motifs is 1. The van der Waals surface area contributed by atoms with Gasteiger partial charge in [0.05, 0.1) is 29.9 Å². The third kappa shape index (κ3) is 6.09. The molecule has 0 bridgehead atoms. The fraction of sp³-hybridized carbons (Fsp3) is 0.407. The standard InChI is InChI=1S/C27H31F3N4O3S/c1-37-25-15-20(38(2,35)36)10-11-23(25)33-13-5-7-19-14-21-22(26(32)12-4-6-18(31)16-26)8-3-9-24(21)34(19)17-27(28,29)30/h3,8-11,14-15,18,33H,4,6,12-13,16-17,31-32H2,1-2H3. The molecule has 0 radical (unpaired) electrons. The van der Waals surface area contributed by atoms with Crippen LogP contribution in [-0.2, 0) is 21.9 Å².